The van der Waals surface area contributed by atoms with Crippen LogP contribution in [-0.4, -0.2) is 46.3 Å². The normalized spacial score (nSPS) is 26.8. The molecule has 1 aliphatic carbocycles. The minimum atomic E-state index is -0.571. The summed E-state index contributed by atoms with van der Waals surface area (Å²) in [6, 6.07) is 12.2. The molecule has 4 atom stereocenters. The van der Waals surface area contributed by atoms with E-state index < -0.39 is 6.10 Å². The standard InChI is InChI=1S/C22H24ClNO4/c1-13-18(6-3-7-19(13)25)22(27)24-11-14-8-20(26)21(9-15(14)12-24)28-17-5-2-4-16(23)10-17/h2-7,10,14-15,20-21,25-26H,8-9,11-12H2,1H3/t14-,15+,20+,21+/m0/s1. The molecule has 1 aliphatic heterocycles. The highest BCUT2D eigenvalue weighted by molar-refractivity contribution is 6.30. The largest absolute Gasteiger partial charge is 0.508 e. The first-order valence-corrected chi connectivity index (χ1v) is 9.98. The first kappa shape index (κ1) is 19.1. The third-order valence-electron chi connectivity index (χ3n) is 5.99. The van der Waals surface area contributed by atoms with E-state index in [1.165, 1.54) is 0 Å². The molecule has 6 heteroatoms. The highest BCUT2D eigenvalue weighted by atomic mass is 35.5. The highest BCUT2D eigenvalue weighted by Gasteiger charge is 2.44. The van der Waals surface area contributed by atoms with Gasteiger partial charge in [-0.05, 0) is 61.9 Å². The molecule has 0 radical (unpaired) electrons. The molecule has 0 unspecified atom stereocenters. The average Bonchev–Trinajstić information content (AvgIpc) is 3.06. The first-order chi connectivity index (χ1) is 13.4. The van der Waals surface area contributed by atoms with E-state index >= 15 is 0 Å². The number of carbonyl (C=O) groups excluding carboxylic acids is 1. The number of aliphatic hydroxyl groups is 1. The summed E-state index contributed by atoms with van der Waals surface area (Å²) in [5, 5.41) is 21.1. The van der Waals surface area contributed by atoms with Gasteiger partial charge in [0.2, 0.25) is 0 Å². The van der Waals surface area contributed by atoms with Gasteiger partial charge < -0.3 is 19.8 Å². The quantitative estimate of drug-likeness (QED) is 0.823. The molecule has 2 aromatic carbocycles. The minimum Gasteiger partial charge on any atom is -0.508 e. The average molecular weight is 402 g/mol. The van der Waals surface area contributed by atoms with Crippen LogP contribution in [0.3, 0.4) is 0 Å². The third kappa shape index (κ3) is 3.69. The number of hydrogen-bond donors (Lipinski definition) is 2. The summed E-state index contributed by atoms with van der Waals surface area (Å²) < 4.78 is 6.00. The van der Waals surface area contributed by atoms with E-state index in [0.717, 1.165) is 0 Å². The van der Waals surface area contributed by atoms with Crippen molar-refractivity contribution < 1.29 is 19.7 Å². The van der Waals surface area contributed by atoms with Crippen LogP contribution in [0.1, 0.15) is 28.8 Å². The van der Waals surface area contributed by atoms with Crippen LogP contribution in [0.4, 0.5) is 0 Å². The van der Waals surface area contributed by atoms with Crippen molar-refractivity contribution in [3.05, 3.63) is 58.6 Å². The van der Waals surface area contributed by atoms with Gasteiger partial charge in [0.15, 0.2) is 0 Å². The molecule has 2 N–H and O–H groups in total. The van der Waals surface area contributed by atoms with Crippen LogP contribution in [0.5, 0.6) is 11.5 Å². The summed E-state index contributed by atoms with van der Waals surface area (Å²) in [5.41, 5.74) is 1.13. The number of nitrogens with zero attached hydrogens (tertiary/aromatic N) is 1. The molecule has 5 nitrogen and oxygen atoms in total. The van der Waals surface area contributed by atoms with E-state index in [4.69, 9.17) is 16.3 Å². The minimum absolute atomic E-state index is 0.0652. The molecule has 2 fully saturated rings. The predicted octanol–water partition coefficient (Wildman–Crippen LogP) is 3.64. The Morgan fingerprint density at radius 1 is 1.14 bits per heavy atom. The van der Waals surface area contributed by atoms with Gasteiger partial charge >= 0.3 is 0 Å². The topological polar surface area (TPSA) is 70.0 Å². The fourth-order valence-corrected chi connectivity index (χ4v) is 4.60. The van der Waals surface area contributed by atoms with Crippen molar-refractivity contribution in [3.8, 4) is 11.5 Å². The van der Waals surface area contributed by atoms with E-state index in [9.17, 15) is 15.0 Å². The lowest BCUT2D eigenvalue weighted by atomic mass is 9.78. The summed E-state index contributed by atoms with van der Waals surface area (Å²) in [5.74, 6) is 1.26. The van der Waals surface area contributed by atoms with Gasteiger partial charge in [0, 0.05) is 29.2 Å². The number of amides is 1. The van der Waals surface area contributed by atoms with Crippen molar-refractivity contribution >= 4 is 17.5 Å². The fourth-order valence-electron chi connectivity index (χ4n) is 4.42. The number of phenols is 1. The molecule has 148 valence electrons. The number of phenolic OH excluding ortho intramolecular Hbond substituents is 1. The monoisotopic (exact) mass is 401 g/mol. The zero-order valence-corrected chi connectivity index (χ0v) is 16.5. The first-order valence-electron chi connectivity index (χ1n) is 9.60. The number of likely N-dealkylation sites (tertiary alicyclic amines) is 1. The number of fused-ring (bicyclic) bond motifs is 1. The van der Waals surface area contributed by atoms with Crippen LogP contribution in [0.15, 0.2) is 42.5 Å². The molecular formula is C22H24ClNO4. The smallest absolute Gasteiger partial charge is 0.254 e. The Hall–Kier alpha value is -2.24. The van der Waals surface area contributed by atoms with Gasteiger partial charge in [-0.2, -0.15) is 0 Å². The number of halogens is 1. The Morgan fingerprint density at radius 3 is 2.61 bits per heavy atom. The summed E-state index contributed by atoms with van der Waals surface area (Å²) in [4.78, 5) is 14.8. The molecule has 0 aromatic heterocycles. The molecule has 1 heterocycles. The zero-order valence-electron chi connectivity index (χ0n) is 15.7. The van der Waals surface area contributed by atoms with Crippen LogP contribution in [-0.2, 0) is 0 Å². The van der Waals surface area contributed by atoms with Crippen molar-refractivity contribution in [2.24, 2.45) is 11.8 Å². The molecular weight excluding hydrogens is 378 g/mol. The van der Waals surface area contributed by atoms with Gasteiger partial charge in [-0.1, -0.05) is 23.7 Å². The lowest BCUT2D eigenvalue weighted by Gasteiger charge is -2.35. The Morgan fingerprint density at radius 2 is 1.86 bits per heavy atom. The summed E-state index contributed by atoms with van der Waals surface area (Å²) in [6.07, 6.45) is 0.426. The number of ether oxygens (including phenoxy) is 1. The maximum absolute atomic E-state index is 13.0. The van der Waals surface area contributed by atoms with Gasteiger partial charge in [0.25, 0.3) is 5.91 Å². The van der Waals surface area contributed by atoms with E-state index in [1.54, 1.807) is 37.3 Å². The Labute approximate surface area is 169 Å². The second kappa shape index (κ2) is 7.64. The molecule has 0 spiro atoms. The number of benzene rings is 2. The van der Waals surface area contributed by atoms with Gasteiger partial charge in [-0.25, -0.2) is 0 Å². The highest BCUT2D eigenvalue weighted by Crippen LogP contribution is 2.39. The number of rotatable bonds is 3. The van der Waals surface area contributed by atoms with Crippen molar-refractivity contribution in [3.63, 3.8) is 0 Å². The van der Waals surface area contributed by atoms with Gasteiger partial charge in [0.1, 0.15) is 17.6 Å². The summed E-state index contributed by atoms with van der Waals surface area (Å²) in [6.45, 7) is 3.02. The summed E-state index contributed by atoms with van der Waals surface area (Å²) in [7, 11) is 0. The molecule has 0 bridgehead atoms. The van der Waals surface area contributed by atoms with Crippen LogP contribution in [0, 0.1) is 18.8 Å². The number of aromatic hydroxyl groups is 1. The van der Waals surface area contributed by atoms with Crippen molar-refractivity contribution in [2.75, 3.05) is 13.1 Å². The maximum Gasteiger partial charge on any atom is 0.254 e. The number of carbonyl (C=O) groups is 1. The molecule has 1 amide bonds. The Kier molecular flexibility index (Phi) is 5.21. The van der Waals surface area contributed by atoms with E-state index in [-0.39, 0.29) is 29.6 Å². The summed E-state index contributed by atoms with van der Waals surface area (Å²) >= 11 is 6.02. The van der Waals surface area contributed by atoms with Gasteiger partial charge in [0.05, 0.1) is 6.10 Å². The van der Waals surface area contributed by atoms with E-state index in [0.29, 0.717) is 47.8 Å². The van der Waals surface area contributed by atoms with Gasteiger partial charge in [-0.15, -0.1) is 0 Å². The molecule has 2 aromatic rings. The molecule has 28 heavy (non-hydrogen) atoms. The number of aliphatic hydroxyl groups excluding tert-OH is 1. The van der Waals surface area contributed by atoms with Gasteiger partial charge in [-0.3, -0.25) is 4.79 Å². The Bertz CT molecular complexity index is 887. The van der Waals surface area contributed by atoms with Crippen molar-refractivity contribution in [1.29, 1.82) is 0 Å². The second-order valence-electron chi connectivity index (χ2n) is 7.83. The lowest BCUT2D eigenvalue weighted by molar-refractivity contribution is -0.0231. The van der Waals surface area contributed by atoms with Crippen molar-refractivity contribution in [2.45, 2.75) is 32.0 Å². The number of hydrogen-bond acceptors (Lipinski definition) is 4. The molecule has 1 saturated carbocycles. The predicted molar refractivity (Wildman–Crippen MR) is 107 cm³/mol. The van der Waals surface area contributed by atoms with E-state index in [1.807, 2.05) is 17.0 Å². The van der Waals surface area contributed by atoms with Crippen LogP contribution >= 0.6 is 11.6 Å². The molecule has 1 saturated heterocycles. The SMILES string of the molecule is Cc1c(O)cccc1C(=O)N1C[C@H]2C[C@@H](Oc3cccc(Cl)c3)[C@H](O)C[C@H]2C1. The lowest BCUT2D eigenvalue weighted by Crippen LogP contribution is -2.42. The van der Waals surface area contributed by atoms with Crippen LogP contribution < -0.4 is 4.74 Å². The maximum atomic E-state index is 13.0. The van der Waals surface area contributed by atoms with Crippen LogP contribution in [0.25, 0.3) is 0 Å². The molecule has 2 aliphatic rings. The van der Waals surface area contributed by atoms with Crippen molar-refractivity contribution in [1.82, 2.24) is 4.90 Å². The fraction of sp³-hybridized carbons (Fsp3) is 0.409. The van der Waals surface area contributed by atoms with E-state index in [2.05, 4.69) is 0 Å². The van der Waals surface area contributed by atoms with Crippen LogP contribution in [0.2, 0.25) is 5.02 Å². The second-order valence-corrected chi connectivity index (χ2v) is 8.27. The molecule has 4 rings (SSSR count). The Balaban J connectivity index is 1.45. The zero-order chi connectivity index (χ0) is 19.8. The third-order valence-corrected chi connectivity index (χ3v) is 6.23.